The standard InChI is InChI=1S/C49H67N7O7/c1-29(2)11-10-16-47(8)17-15-34-41(62-47)33(13-12-30(3)4)43-37(42(34)61-26-24-55-22-20-54(9)21-23-55)39-38-40(56-46(53-39)51-28-52-56)35-27-36(31(5)6)49(38,63-43)48(60,44(35)58)18-14-32(7)45(59)50-19-25-57/h11-12,14-15,17,28,31,35-36,40,57,60H,10,13,16,18-27H2,1-9H3,(H,50,59)(H,51,52,53)/b32-14-. The molecule has 6 unspecified atom stereocenters. The van der Waals surface area contributed by atoms with E-state index in [9.17, 15) is 15.0 Å². The van der Waals surface area contributed by atoms with Gasteiger partial charge in [0.1, 0.15) is 35.8 Å². The molecule has 7 aliphatic rings. The Labute approximate surface area is 372 Å². The number of ether oxygens (including phenoxy) is 3. The number of amides is 1. The van der Waals surface area contributed by atoms with Crippen LogP contribution in [0.4, 0.5) is 5.95 Å². The van der Waals surface area contributed by atoms with Crippen molar-refractivity contribution in [3.63, 3.8) is 0 Å². The van der Waals surface area contributed by atoms with Crippen molar-refractivity contribution < 1.29 is 34.0 Å². The third-order valence-electron chi connectivity index (χ3n) is 14.2. The maximum Gasteiger partial charge on any atom is 0.246 e. The Hall–Kier alpha value is -4.76. The number of benzene rings is 1. The lowest BCUT2D eigenvalue weighted by Gasteiger charge is -2.65. The number of aliphatic hydroxyl groups is 2. The van der Waals surface area contributed by atoms with Crippen molar-refractivity contribution in [3.05, 3.63) is 69.6 Å². The Balaban J connectivity index is 1.38. The molecule has 1 saturated heterocycles. The van der Waals surface area contributed by atoms with Crippen LogP contribution in [0.25, 0.3) is 11.8 Å². The van der Waals surface area contributed by atoms with Gasteiger partial charge in [-0.25, -0.2) is 4.68 Å². The highest BCUT2D eigenvalue weighted by molar-refractivity contribution is 6.02. The lowest BCUT2D eigenvalue weighted by molar-refractivity contribution is -0.210. The van der Waals surface area contributed by atoms with Gasteiger partial charge in [0.05, 0.1) is 29.5 Å². The predicted octanol–water partition coefficient (Wildman–Crippen LogP) is 5.88. The van der Waals surface area contributed by atoms with Crippen LogP contribution in [0.1, 0.15) is 104 Å². The number of aliphatic hydroxyl groups excluding tert-OH is 1. The zero-order valence-corrected chi connectivity index (χ0v) is 38.6. The van der Waals surface area contributed by atoms with Gasteiger partial charge in [-0.2, -0.15) is 10.1 Å². The molecule has 3 aliphatic carbocycles. The molecule has 2 bridgehead atoms. The number of fused-ring (bicyclic) bond motifs is 6. The quantitative estimate of drug-likeness (QED) is 0.124. The summed E-state index contributed by atoms with van der Waals surface area (Å²) < 4.78 is 23.9. The van der Waals surface area contributed by atoms with E-state index in [4.69, 9.17) is 14.2 Å². The Morgan fingerprint density at radius 1 is 1.08 bits per heavy atom. The van der Waals surface area contributed by atoms with Gasteiger partial charge in [0.25, 0.3) is 0 Å². The highest BCUT2D eigenvalue weighted by atomic mass is 16.5. The van der Waals surface area contributed by atoms with Gasteiger partial charge in [-0.05, 0) is 92.3 Å². The van der Waals surface area contributed by atoms with Crippen LogP contribution in [0.15, 0.2) is 52.9 Å². The van der Waals surface area contributed by atoms with Crippen LogP contribution in [0.3, 0.4) is 0 Å². The fourth-order valence-electron chi connectivity index (χ4n) is 10.7. The molecule has 1 spiro atoms. The summed E-state index contributed by atoms with van der Waals surface area (Å²) in [7, 11) is 2.15. The molecule has 1 amide bonds. The van der Waals surface area contributed by atoms with Crippen LogP contribution in [-0.2, 0) is 16.0 Å². The first kappa shape index (κ1) is 44.8. The number of nitrogens with one attached hydrogen (secondary N) is 2. The molecule has 9 rings (SSSR count). The van der Waals surface area contributed by atoms with Gasteiger partial charge in [0.2, 0.25) is 11.9 Å². The second-order valence-electron chi connectivity index (χ2n) is 19.5. The van der Waals surface area contributed by atoms with Crippen LogP contribution in [0, 0.1) is 17.8 Å². The lowest BCUT2D eigenvalue weighted by Crippen LogP contribution is -2.78. The molecule has 340 valence electrons. The number of likely N-dealkylation sites (N-methyl/N-ethyl adjacent to an activating group) is 1. The van der Waals surface area contributed by atoms with Crippen LogP contribution < -0.4 is 24.8 Å². The summed E-state index contributed by atoms with van der Waals surface area (Å²) in [5, 5.41) is 34.0. The van der Waals surface area contributed by atoms with Gasteiger partial charge in [-0.3, -0.25) is 14.5 Å². The molecular formula is C49H67N7O7. The Morgan fingerprint density at radius 3 is 2.52 bits per heavy atom. The SMILES string of the molecule is CC(C)=CCCC1(C)C=Cc2c(c(CC=C(C)C)c3c(c2OCCN2CCN(C)CC2)C2=C4C(C5CC(C(C)C)C4(O3)C(O)(C/C=C(/C)C(=O)NCCO)C5=O)n3ncnc3N2)O1. The van der Waals surface area contributed by atoms with Gasteiger partial charge in [0, 0.05) is 74.2 Å². The monoisotopic (exact) mass is 866 g/mol. The molecule has 6 atom stereocenters. The molecule has 14 nitrogen and oxygen atoms in total. The maximum atomic E-state index is 15.3. The number of ketones is 1. The predicted molar refractivity (Wildman–Crippen MR) is 244 cm³/mol. The number of carbonyl (C=O) groups excluding carboxylic acids is 2. The van der Waals surface area contributed by atoms with Crippen molar-refractivity contribution >= 4 is 29.4 Å². The fourth-order valence-corrected chi connectivity index (χ4v) is 10.7. The first-order valence-electron chi connectivity index (χ1n) is 22.9. The third-order valence-corrected chi connectivity index (χ3v) is 14.2. The van der Waals surface area contributed by atoms with Gasteiger partial charge in [-0.15, -0.1) is 0 Å². The molecule has 4 aliphatic heterocycles. The molecule has 0 radical (unpaired) electrons. The van der Waals surface area contributed by atoms with E-state index in [-0.39, 0.29) is 43.1 Å². The van der Waals surface area contributed by atoms with Crippen molar-refractivity contribution in [2.24, 2.45) is 17.8 Å². The number of carbonyl (C=O) groups is 2. The van der Waals surface area contributed by atoms with Crippen LogP contribution >= 0.6 is 0 Å². The van der Waals surface area contributed by atoms with E-state index in [1.54, 1.807) is 17.7 Å². The molecule has 2 aromatic rings. The van der Waals surface area contributed by atoms with E-state index in [1.165, 1.54) is 11.9 Å². The minimum Gasteiger partial charge on any atom is -0.491 e. The summed E-state index contributed by atoms with van der Waals surface area (Å²) in [6, 6.07) is -0.590. The highest BCUT2D eigenvalue weighted by Crippen LogP contribution is 2.69. The minimum absolute atomic E-state index is 0.0332. The number of hydrogen-bond donors (Lipinski definition) is 4. The molecule has 3 saturated carbocycles. The topological polar surface area (TPSA) is 164 Å². The summed E-state index contributed by atoms with van der Waals surface area (Å²) in [4.78, 5) is 37.9. The first-order valence-corrected chi connectivity index (χ1v) is 22.9. The smallest absolute Gasteiger partial charge is 0.246 e. The van der Waals surface area contributed by atoms with E-state index in [2.05, 4.69) is 110 Å². The summed E-state index contributed by atoms with van der Waals surface area (Å²) >= 11 is 0. The second kappa shape index (κ2) is 17.3. The minimum atomic E-state index is -2.09. The average Bonchev–Trinajstić information content (AvgIpc) is 3.72. The maximum absolute atomic E-state index is 15.3. The van der Waals surface area contributed by atoms with Crippen LogP contribution in [0.2, 0.25) is 0 Å². The Morgan fingerprint density at radius 2 is 1.83 bits per heavy atom. The normalized spacial score (nSPS) is 28.3. The fraction of sp³-hybridized carbons (Fsp3) is 0.592. The largest absolute Gasteiger partial charge is 0.491 e. The molecule has 4 N–H and O–H groups in total. The van der Waals surface area contributed by atoms with Crippen molar-refractivity contribution in [1.82, 2.24) is 29.9 Å². The number of rotatable bonds is 15. The number of nitrogens with zero attached hydrogens (tertiary/aromatic N) is 5. The van der Waals surface area contributed by atoms with Crippen molar-refractivity contribution in [1.29, 1.82) is 0 Å². The van der Waals surface area contributed by atoms with Crippen LogP contribution in [0.5, 0.6) is 17.2 Å². The Bertz CT molecular complexity index is 2290. The zero-order chi connectivity index (χ0) is 45.0. The summed E-state index contributed by atoms with van der Waals surface area (Å²) in [5.74, 6) is 0.518. The summed E-state index contributed by atoms with van der Waals surface area (Å²) in [6.45, 7) is 21.3. The van der Waals surface area contributed by atoms with Crippen molar-refractivity contribution in [3.8, 4) is 17.2 Å². The summed E-state index contributed by atoms with van der Waals surface area (Å²) in [6.07, 6.45) is 14.2. The van der Waals surface area contributed by atoms with Gasteiger partial charge < -0.3 is 40.0 Å². The second-order valence-corrected chi connectivity index (χ2v) is 19.5. The molecule has 5 heterocycles. The van der Waals surface area contributed by atoms with E-state index >= 15 is 4.79 Å². The summed E-state index contributed by atoms with van der Waals surface area (Å²) in [5.41, 5.74) is 2.13. The number of Topliss-reactive ketones (excluding diaryl/α,β-unsaturated/α-hetero) is 1. The zero-order valence-electron chi connectivity index (χ0n) is 38.6. The first-order chi connectivity index (χ1) is 30.0. The number of piperazine rings is 1. The van der Waals surface area contributed by atoms with Gasteiger partial charge in [-0.1, -0.05) is 43.2 Å². The molecule has 4 fully saturated rings. The molecule has 14 heteroatoms. The van der Waals surface area contributed by atoms with Gasteiger partial charge in [0.15, 0.2) is 17.0 Å². The average molecular weight is 866 g/mol. The van der Waals surface area contributed by atoms with E-state index in [1.807, 2.05) is 0 Å². The molecule has 1 aromatic heterocycles. The van der Waals surface area contributed by atoms with E-state index in [0.29, 0.717) is 59.5 Å². The van der Waals surface area contributed by atoms with Crippen molar-refractivity contribution in [2.75, 3.05) is 64.8 Å². The highest BCUT2D eigenvalue weighted by Gasteiger charge is 2.77. The number of anilines is 1. The van der Waals surface area contributed by atoms with Crippen LogP contribution in [-0.4, -0.2) is 123 Å². The van der Waals surface area contributed by atoms with E-state index in [0.717, 1.165) is 67.8 Å². The number of hydrogen-bond acceptors (Lipinski definition) is 12. The Kier molecular flexibility index (Phi) is 12.3. The van der Waals surface area contributed by atoms with Crippen molar-refractivity contribution in [2.45, 2.75) is 110 Å². The molecule has 1 aromatic carbocycles. The number of aromatic nitrogens is 3. The van der Waals surface area contributed by atoms with E-state index < -0.39 is 28.8 Å². The molecule has 63 heavy (non-hydrogen) atoms. The third kappa shape index (κ3) is 7.74. The van der Waals surface area contributed by atoms with Gasteiger partial charge >= 0.3 is 0 Å². The lowest BCUT2D eigenvalue weighted by atomic mass is 9.46. The number of allylic oxidation sites excluding steroid dienone is 4. The molecular weight excluding hydrogens is 799 g/mol.